The second-order valence-electron chi connectivity index (χ2n) is 2.63. The van der Waals surface area contributed by atoms with Crippen molar-refractivity contribution >= 4 is 11.6 Å². The Morgan fingerprint density at radius 2 is 1.38 bits per heavy atom. The van der Waals surface area contributed by atoms with Crippen LogP contribution in [-0.2, 0) is 9.59 Å². The molecule has 0 aromatic heterocycles. The number of nitrogens with two attached hydrogens (primary N) is 2. The Morgan fingerprint density at radius 3 is 1.54 bits per heavy atom. The lowest BCUT2D eigenvalue weighted by molar-refractivity contribution is -0.133. The topological polar surface area (TPSA) is 86.2 Å². The number of carbonyl (C=O) groups excluding carboxylic acids is 2. The number of hydrogen-bond donors (Lipinski definition) is 2. The molecule has 0 unspecified atom stereocenters. The molecule has 0 spiro atoms. The standard InChI is InChI=1S/C9H14N2O2/c1-3-7(12)9(5-10,6-11)8(13)4-2/h3-4H,1-2,5-6,10-11H2. The van der Waals surface area contributed by atoms with Crippen LogP contribution in [0.25, 0.3) is 0 Å². The third-order valence-electron chi connectivity index (χ3n) is 2.01. The zero-order chi connectivity index (χ0) is 10.5. The van der Waals surface area contributed by atoms with Crippen LogP contribution in [0.3, 0.4) is 0 Å². The molecule has 4 N–H and O–H groups in total. The van der Waals surface area contributed by atoms with Gasteiger partial charge in [0.05, 0.1) is 0 Å². The molecule has 0 aliphatic rings. The molecule has 4 nitrogen and oxygen atoms in total. The minimum Gasteiger partial charge on any atom is -0.329 e. The number of allylic oxidation sites excluding steroid dienone is 2. The average Bonchev–Trinajstić information content (AvgIpc) is 2.19. The monoisotopic (exact) mass is 182 g/mol. The molecule has 0 saturated heterocycles. The summed E-state index contributed by atoms with van der Waals surface area (Å²) in [6.07, 6.45) is 2.11. The van der Waals surface area contributed by atoms with Crippen molar-refractivity contribution in [2.45, 2.75) is 0 Å². The van der Waals surface area contributed by atoms with Crippen molar-refractivity contribution in [2.24, 2.45) is 16.9 Å². The Kier molecular flexibility index (Phi) is 4.23. The molecular formula is C9H14N2O2. The third-order valence-corrected chi connectivity index (χ3v) is 2.01. The molecule has 0 aromatic rings. The largest absolute Gasteiger partial charge is 0.329 e. The number of rotatable bonds is 6. The molecule has 0 amide bonds. The Labute approximate surface area is 77.3 Å². The molecule has 0 atom stereocenters. The van der Waals surface area contributed by atoms with E-state index in [0.29, 0.717) is 0 Å². The van der Waals surface area contributed by atoms with Crippen LogP contribution in [0.1, 0.15) is 0 Å². The molecule has 13 heavy (non-hydrogen) atoms. The Bertz CT molecular complexity index is 220. The van der Waals surface area contributed by atoms with E-state index in [4.69, 9.17) is 11.5 Å². The van der Waals surface area contributed by atoms with Crippen LogP contribution in [-0.4, -0.2) is 24.7 Å². The lowest BCUT2D eigenvalue weighted by atomic mass is 9.79. The predicted octanol–water partition coefficient (Wildman–Crippen LogP) is -0.600. The SMILES string of the molecule is C=CC(=O)C(CN)(CN)C(=O)C=C. The van der Waals surface area contributed by atoms with Gasteiger partial charge in [-0.1, -0.05) is 13.2 Å². The van der Waals surface area contributed by atoms with Gasteiger partial charge in [-0.25, -0.2) is 0 Å². The third kappa shape index (κ3) is 1.91. The molecule has 0 radical (unpaired) electrons. The fourth-order valence-electron chi connectivity index (χ4n) is 0.998. The minimum atomic E-state index is -1.36. The van der Waals surface area contributed by atoms with Gasteiger partial charge in [0.2, 0.25) is 0 Å². The van der Waals surface area contributed by atoms with Crippen molar-refractivity contribution in [3.05, 3.63) is 25.3 Å². The van der Waals surface area contributed by atoms with Crippen molar-refractivity contribution in [1.82, 2.24) is 0 Å². The van der Waals surface area contributed by atoms with Gasteiger partial charge in [-0.3, -0.25) is 9.59 Å². The van der Waals surface area contributed by atoms with Crippen LogP contribution in [0.4, 0.5) is 0 Å². The molecule has 0 aliphatic carbocycles. The molecule has 0 fully saturated rings. The Morgan fingerprint density at radius 1 is 1.08 bits per heavy atom. The highest BCUT2D eigenvalue weighted by molar-refractivity contribution is 6.15. The smallest absolute Gasteiger partial charge is 0.171 e. The van der Waals surface area contributed by atoms with E-state index in [-0.39, 0.29) is 13.1 Å². The highest BCUT2D eigenvalue weighted by Crippen LogP contribution is 2.18. The van der Waals surface area contributed by atoms with Gasteiger partial charge in [0.25, 0.3) is 0 Å². The average molecular weight is 182 g/mol. The summed E-state index contributed by atoms with van der Waals surface area (Å²) in [5, 5.41) is 0. The first-order valence-corrected chi connectivity index (χ1v) is 3.83. The number of carbonyl (C=O) groups is 2. The van der Waals surface area contributed by atoms with Gasteiger partial charge in [-0.15, -0.1) is 0 Å². The minimum absolute atomic E-state index is 0.126. The van der Waals surface area contributed by atoms with Crippen molar-refractivity contribution < 1.29 is 9.59 Å². The highest BCUT2D eigenvalue weighted by Gasteiger charge is 2.39. The maximum Gasteiger partial charge on any atom is 0.171 e. The van der Waals surface area contributed by atoms with Gasteiger partial charge in [-0.2, -0.15) is 0 Å². The van der Waals surface area contributed by atoms with Gasteiger partial charge in [0.1, 0.15) is 5.41 Å². The summed E-state index contributed by atoms with van der Waals surface area (Å²) >= 11 is 0. The van der Waals surface area contributed by atoms with Crippen LogP contribution < -0.4 is 11.5 Å². The quantitative estimate of drug-likeness (QED) is 0.424. The number of ketones is 2. The zero-order valence-electron chi connectivity index (χ0n) is 7.45. The van der Waals surface area contributed by atoms with Gasteiger partial charge < -0.3 is 11.5 Å². The molecular weight excluding hydrogens is 168 g/mol. The van der Waals surface area contributed by atoms with Crippen molar-refractivity contribution in [3.8, 4) is 0 Å². The summed E-state index contributed by atoms with van der Waals surface area (Å²) in [6.45, 7) is 6.33. The zero-order valence-corrected chi connectivity index (χ0v) is 7.45. The fourth-order valence-corrected chi connectivity index (χ4v) is 0.998. The summed E-state index contributed by atoms with van der Waals surface area (Å²) in [4.78, 5) is 22.7. The second kappa shape index (κ2) is 4.69. The van der Waals surface area contributed by atoms with E-state index in [0.717, 1.165) is 12.2 Å². The first-order valence-electron chi connectivity index (χ1n) is 3.83. The maximum atomic E-state index is 11.3. The first kappa shape index (κ1) is 11.7. The molecule has 0 heterocycles. The predicted molar refractivity (Wildman–Crippen MR) is 50.9 cm³/mol. The van der Waals surface area contributed by atoms with E-state index in [1.807, 2.05) is 0 Å². The van der Waals surface area contributed by atoms with Crippen LogP contribution in [0.2, 0.25) is 0 Å². The van der Waals surface area contributed by atoms with Crippen LogP contribution >= 0.6 is 0 Å². The second-order valence-corrected chi connectivity index (χ2v) is 2.63. The fraction of sp³-hybridized carbons (Fsp3) is 0.333. The van der Waals surface area contributed by atoms with Crippen LogP contribution in [0, 0.1) is 5.41 Å². The first-order chi connectivity index (χ1) is 6.08. The summed E-state index contributed by atoms with van der Waals surface area (Å²) in [7, 11) is 0. The van der Waals surface area contributed by atoms with Crippen molar-refractivity contribution in [2.75, 3.05) is 13.1 Å². The van der Waals surface area contributed by atoms with Crippen LogP contribution in [0.15, 0.2) is 25.3 Å². The van der Waals surface area contributed by atoms with Gasteiger partial charge in [0.15, 0.2) is 11.6 Å². The Hall–Kier alpha value is -1.26. The van der Waals surface area contributed by atoms with Gasteiger partial charge in [0, 0.05) is 13.1 Å². The van der Waals surface area contributed by atoms with Gasteiger partial charge >= 0.3 is 0 Å². The molecule has 0 aromatic carbocycles. The highest BCUT2D eigenvalue weighted by atomic mass is 16.2. The molecule has 0 aliphatic heterocycles. The molecule has 0 rings (SSSR count). The number of hydrogen-bond acceptors (Lipinski definition) is 4. The van der Waals surface area contributed by atoms with E-state index in [1.165, 1.54) is 0 Å². The normalized spacial score (nSPS) is 10.6. The van der Waals surface area contributed by atoms with E-state index < -0.39 is 17.0 Å². The summed E-state index contributed by atoms with van der Waals surface area (Å²) in [5.74, 6) is -0.912. The van der Waals surface area contributed by atoms with Crippen molar-refractivity contribution in [1.29, 1.82) is 0 Å². The Balaban J connectivity index is 5.12. The van der Waals surface area contributed by atoms with E-state index in [1.54, 1.807) is 0 Å². The van der Waals surface area contributed by atoms with E-state index >= 15 is 0 Å². The lowest BCUT2D eigenvalue weighted by Crippen LogP contribution is -2.49. The van der Waals surface area contributed by atoms with Crippen molar-refractivity contribution in [3.63, 3.8) is 0 Å². The molecule has 4 heteroatoms. The molecule has 0 bridgehead atoms. The van der Waals surface area contributed by atoms with E-state index in [9.17, 15) is 9.59 Å². The molecule has 72 valence electrons. The summed E-state index contributed by atoms with van der Waals surface area (Å²) < 4.78 is 0. The summed E-state index contributed by atoms with van der Waals surface area (Å²) in [6, 6.07) is 0. The van der Waals surface area contributed by atoms with E-state index in [2.05, 4.69) is 13.2 Å². The lowest BCUT2D eigenvalue weighted by Gasteiger charge is -2.24. The maximum absolute atomic E-state index is 11.3. The van der Waals surface area contributed by atoms with Gasteiger partial charge in [-0.05, 0) is 12.2 Å². The van der Waals surface area contributed by atoms with Crippen LogP contribution in [0.5, 0.6) is 0 Å². The molecule has 0 saturated carbocycles. The summed E-state index contributed by atoms with van der Waals surface area (Å²) in [5.41, 5.74) is 9.35.